The van der Waals surface area contributed by atoms with Gasteiger partial charge >= 0.3 is 0 Å². The Morgan fingerprint density at radius 2 is 1.76 bits per heavy atom. The average Bonchev–Trinajstić information content (AvgIpc) is 2.70. The summed E-state index contributed by atoms with van der Waals surface area (Å²) in [5, 5.41) is 2.63. The van der Waals surface area contributed by atoms with Crippen molar-refractivity contribution in [2.45, 2.75) is 33.0 Å². The van der Waals surface area contributed by atoms with E-state index in [-0.39, 0.29) is 0 Å². The maximum Gasteiger partial charge on any atom is 0.127 e. The van der Waals surface area contributed by atoms with Crippen LogP contribution in [0.1, 0.15) is 28.7 Å². The van der Waals surface area contributed by atoms with Crippen molar-refractivity contribution in [1.29, 1.82) is 0 Å². The minimum absolute atomic E-state index is 0.584. The van der Waals surface area contributed by atoms with Gasteiger partial charge in [0.25, 0.3) is 0 Å². The van der Waals surface area contributed by atoms with Crippen molar-refractivity contribution in [2.24, 2.45) is 0 Å². The Labute approximate surface area is 182 Å². The van der Waals surface area contributed by atoms with Crippen LogP contribution in [-0.4, -0.2) is 37.0 Å². The molecule has 0 fully saturated rings. The third kappa shape index (κ3) is 4.50. The number of ether oxygens (including phenoxy) is 1. The quantitative estimate of drug-likeness (QED) is 0.453. The molecule has 1 aliphatic rings. The molecule has 0 unspecified atom stereocenters. The molecule has 3 nitrogen and oxygen atoms in total. The molecule has 0 saturated carbocycles. The summed E-state index contributed by atoms with van der Waals surface area (Å²) in [6.07, 6.45) is 1.20. The van der Waals surface area contributed by atoms with Crippen LogP contribution in [0.2, 0.25) is 0 Å². The van der Waals surface area contributed by atoms with Gasteiger partial charge in [-0.1, -0.05) is 52.3 Å². The van der Waals surface area contributed by atoms with E-state index in [2.05, 4.69) is 95.3 Å². The van der Waals surface area contributed by atoms with Gasteiger partial charge in [0, 0.05) is 29.5 Å². The first-order valence-corrected chi connectivity index (χ1v) is 11.1. The number of benzene rings is 3. The molecular weight excluding hydrogens is 424 g/mol. The van der Waals surface area contributed by atoms with E-state index < -0.39 is 0 Å². The van der Waals surface area contributed by atoms with Gasteiger partial charge in [-0.25, -0.2) is 0 Å². The normalized spacial score (nSPS) is 14.0. The molecule has 4 heteroatoms. The van der Waals surface area contributed by atoms with Crippen LogP contribution in [0.25, 0.3) is 10.8 Å². The maximum absolute atomic E-state index is 6.30. The lowest BCUT2D eigenvalue weighted by Crippen LogP contribution is -2.29. The summed E-state index contributed by atoms with van der Waals surface area (Å²) in [4.78, 5) is 4.82. The Bertz CT molecular complexity index is 1000. The van der Waals surface area contributed by atoms with Crippen LogP contribution in [0.3, 0.4) is 0 Å². The van der Waals surface area contributed by atoms with Crippen molar-refractivity contribution in [1.82, 2.24) is 9.80 Å². The molecule has 0 saturated heterocycles. The third-order valence-corrected chi connectivity index (χ3v) is 6.66. The number of rotatable bonds is 7. The Hall–Kier alpha value is -1.88. The molecule has 1 heterocycles. The van der Waals surface area contributed by atoms with E-state index >= 15 is 0 Å². The zero-order valence-corrected chi connectivity index (χ0v) is 19.1. The summed E-state index contributed by atoms with van der Waals surface area (Å²) >= 11 is 3.62. The maximum atomic E-state index is 6.30. The lowest BCUT2D eigenvalue weighted by atomic mass is 9.94. The van der Waals surface area contributed by atoms with Crippen molar-refractivity contribution in [3.05, 3.63) is 75.3 Å². The van der Waals surface area contributed by atoms with E-state index in [1.165, 1.54) is 39.4 Å². The van der Waals surface area contributed by atoms with E-state index in [1.807, 2.05) is 0 Å². The Morgan fingerprint density at radius 3 is 2.55 bits per heavy atom. The van der Waals surface area contributed by atoms with Crippen molar-refractivity contribution >= 4 is 26.7 Å². The highest BCUT2D eigenvalue weighted by Crippen LogP contribution is 2.36. The number of halogens is 1. The van der Waals surface area contributed by atoms with E-state index in [4.69, 9.17) is 4.74 Å². The molecule has 0 atom stereocenters. The first-order chi connectivity index (χ1) is 14.0. The van der Waals surface area contributed by atoms with Crippen LogP contribution in [-0.2, 0) is 19.7 Å². The Balaban J connectivity index is 1.55. The third-order valence-electron chi connectivity index (χ3n) is 5.80. The van der Waals surface area contributed by atoms with Gasteiger partial charge in [0.1, 0.15) is 12.4 Å². The Kier molecular flexibility index (Phi) is 6.23. The highest BCUT2D eigenvalue weighted by Gasteiger charge is 2.20. The fraction of sp³-hybridized carbons (Fsp3) is 0.360. The first-order valence-electron chi connectivity index (χ1n) is 10.3. The molecule has 0 bridgehead atoms. The van der Waals surface area contributed by atoms with Gasteiger partial charge in [-0.2, -0.15) is 0 Å². The molecule has 29 heavy (non-hydrogen) atoms. The number of hydrogen-bond acceptors (Lipinski definition) is 3. The van der Waals surface area contributed by atoms with Gasteiger partial charge in [0.15, 0.2) is 0 Å². The van der Waals surface area contributed by atoms with Gasteiger partial charge < -0.3 is 9.64 Å². The van der Waals surface area contributed by atoms with Crippen molar-refractivity contribution in [3.8, 4) is 5.75 Å². The molecular formula is C25H29BrN2O. The summed E-state index contributed by atoms with van der Waals surface area (Å²) in [5.74, 6) is 0.978. The second kappa shape index (κ2) is 8.86. The second-order valence-corrected chi connectivity index (χ2v) is 9.10. The highest BCUT2D eigenvalue weighted by atomic mass is 79.9. The molecule has 3 aromatic rings. The lowest BCUT2D eigenvalue weighted by Gasteiger charge is -2.30. The van der Waals surface area contributed by atoms with Crippen molar-refractivity contribution < 1.29 is 4.74 Å². The molecule has 0 aliphatic carbocycles. The molecule has 0 amide bonds. The van der Waals surface area contributed by atoms with Gasteiger partial charge in [0.05, 0.1) is 0 Å². The van der Waals surface area contributed by atoms with E-state index in [9.17, 15) is 0 Å². The van der Waals surface area contributed by atoms with Crippen molar-refractivity contribution in [3.63, 3.8) is 0 Å². The molecule has 4 rings (SSSR count). The standard InChI is InChI=1S/C25H29BrN2O/c1-18-21(8-5-10-23(18)26)17-29-24-12-11-20-16-28(14-6-13-27(2)3)15-19-7-4-9-22(24)25(19)20/h4-5,7-12H,6,13-17H2,1-3H3. The number of nitrogens with zero attached hydrogens (tertiary/aromatic N) is 2. The zero-order valence-electron chi connectivity index (χ0n) is 17.5. The largest absolute Gasteiger partial charge is 0.488 e. The zero-order chi connectivity index (χ0) is 20.4. The summed E-state index contributed by atoms with van der Waals surface area (Å²) in [6.45, 7) is 7.02. The summed E-state index contributed by atoms with van der Waals surface area (Å²) < 4.78 is 7.43. The van der Waals surface area contributed by atoms with Gasteiger partial charge in [-0.3, -0.25) is 4.90 Å². The Morgan fingerprint density at radius 1 is 1.00 bits per heavy atom. The van der Waals surface area contributed by atoms with Crippen LogP contribution < -0.4 is 4.74 Å². The predicted molar refractivity (Wildman–Crippen MR) is 124 cm³/mol. The number of hydrogen-bond donors (Lipinski definition) is 0. The molecule has 0 radical (unpaired) electrons. The summed E-state index contributed by atoms with van der Waals surface area (Å²) in [7, 11) is 4.28. The van der Waals surface area contributed by atoms with Crippen LogP contribution >= 0.6 is 15.9 Å². The first kappa shape index (κ1) is 20.4. The molecule has 152 valence electrons. The van der Waals surface area contributed by atoms with Crippen molar-refractivity contribution in [2.75, 3.05) is 27.2 Å². The SMILES string of the molecule is Cc1c(Br)cccc1COc1ccc2c3c(cccc13)CN(CCCN(C)C)C2. The predicted octanol–water partition coefficient (Wildman–Crippen LogP) is 5.76. The molecule has 0 N–H and O–H groups in total. The lowest BCUT2D eigenvalue weighted by molar-refractivity contribution is 0.236. The molecule has 1 aliphatic heterocycles. The van der Waals surface area contributed by atoms with E-state index in [0.29, 0.717) is 6.61 Å². The minimum atomic E-state index is 0.584. The van der Waals surface area contributed by atoms with Gasteiger partial charge in [-0.05, 0) is 73.8 Å². The summed E-state index contributed by atoms with van der Waals surface area (Å²) in [6, 6.07) is 17.3. The topological polar surface area (TPSA) is 15.7 Å². The van der Waals surface area contributed by atoms with Gasteiger partial charge in [-0.15, -0.1) is 0 Å². The minimum Gasteiger partial charge on any atom is -0.488 e. The fourth-order valence-electron chi connectivity index (χ4n) is 4.19. The smallest absolute Gasteiger partial charge is 0.127 e. The van der Waals surface area contributed by atoms with Crippen LogP contribution in [0.5, 0.6) is 5.75 Å². The van der Waals surface area contributed by atoms with Gasteiger partial charge in [0.2, 0.25) is 0 Å². The fourth-order valence-corrected chi connectivity index (χ4v) is 4.60. The average molecular weight is 453 g/mol. The highest BCUT2D eigenvalue weighted by molar-refractivity contribution is 9.10. The molecule has 3 aromatic carbocycles. The molecule has 0 spiro atoms. The van der Waals surface area contributed by atoms with Crippen LogP contribution in [0, 0.1) is 6.92 Å². The molecule has 0 aromatic heterocycles. The van der Waals surface area contributed by atoms with Crippen LogP contribution in [0.4, 0.5) is 0 Å². The monoisotopic (exact) mass is 452 g/mol. The van der Waals surface area contributed by atoms with E-state index in [0.717, 1.165) is 36.4 Å². The second-order valence-electron chi connectivity index (χ2n) is 8.24. The van der Waals surface area contributed by atoms with E-state index in [1.54, 1.807) is 0 Å². The van der Waals surface area contributed by atoms with Crippen LogP contribution in [0.15, 0.2) is 53.0 Å². The summed E-state index contributed by atoms with van der Waals surface area (Å²) in [5.41, 5.74) is 5.28.